The zero-order chi connectivity index (χ0) is 17.0. The van der Waals surface area contributed by atoms with Gasteiger partial charge in [-0.3, -0.25) is 4.79 Å². The Bertz CT molecular complexity index is 780. The highest BCUT2D eigenvalue weighted by Crippen LogP contribution is 2.62. The molecule has 24 heavy (non-hydrogen) atoms. The third kappa shape index (κ3) is 1.68. The summed E-state index contributed by atoms with van der Waals surface area (Å²) in [5, 5.41) is 19.8. The van der Waals surface area contributed by atoms with E-state index in [9.17, 15) is 15.3 Å². The predicted molar refractivity (Wildman–Crippen MR) is 84.1 cm³/mol. The molecular weight excluding hydrogens is 304 g/mol. The molecule has 0 aromatic rings. The van der Waals surface area contributed by atoms with Gasteiger partial charge in [0.2, 0.25) is 0 Å². The van der Waals surface area contributed by atoms with Crippen LogP contribution < -0.4 is 0 Å². The molecule has 0 radical (unpaired) electrons. The van der Waals surface area contributed by atoms with Gasteiger partial charge in [-0.25, -0.2) is 0 Å². The summed E-state index contributed by atoms with van der Waals surface area (Å²) in [7, 11) is 0. The van der Waals surface area contributed by atoms with E-state index in [2.05, 4.69) is 12.1 Å². The van der Waals surface area contributed by atoms with Gasteiger partial charge in [0, 0.05) is 6.42 Å². The highest BCUT2D eigenvalue weighted by Gasteiger charge is 2.63. The van der Waals surface area contributed by atoms with E-state index in [1.54, 1.807) is 6.92 Å². The van der Waals surface area contributed by atoms with Crippen molar-refractivity contribution < 1.29 is 14.3 Å². The van der Waals surface area contributed by atoms with Gasteiger partial charge < -0.3 is 9.47 Å². The Balaban J connectivity index is 1.92. The second kappa shape index (κ2) is 4.82. The average molecular weight is 322 g/mol. The molecule has 2 aliphatic carbocycles. The van der Waals surface area contributed by atoms with E-state index in [1.165, 1.54) is 0 Å². The Labute approximate surface area is 140 Å². The normalized spacial score (nSPS) is 37.4. The van der Waals surface area contributed by atoms with Crippen molar-refractivity contribution in [2.45, 2.75) is 44.3 Å². The average Bonchev–Trinajstić information content (AvgIpc) is 3.25. The summed E-state index contributed by atoms with van der Waals surface area (Å²) in [6, 6.07) is 4.42. The Morgan fingerprint density at radius 2 is 2.25 bits per heavy atom. The molecule has 5 nitrogen and oxygen atoms in total. The first-order valence-corrected chi connectivity index (χ1v) is 8.33. The molecule has 2 bridgehead atoms. The maximum atomic E-state index is 12.9. The molecule has 0 saturated heterocycles. The van der Waals surface area contributed by atoms with Crippen LogP contribution in [0.1, 0.15) is 32.6 Å². The molecule has 1 spiro atoms. The summed E-state index contributed by atoms with van der Waals surface area (Å²) >= 11 is 0. The first-order valence-electron chi connectivity index (χ1n) is 8.33. The Morgan fingerprint density at radius 3 is 2.92 bits per heavy atom. The van der Waals surface area contributed by atoms with Crippen LogP contribution >= 0.6 is 0 Å². The maximum absolute atomic E-state index is 12.9. The predicted octanol–water partition coefficient (Wildman–Crippen LogP) is 2.72. The summed E-state index contributed by atoms with van der Waals surface area (Å²) in [5.41, 5.74) is -1.41. The number of rotatable bonds is 2. The second-order valence-corrected chi connectivity index (χ2v) is 6.96. The lowest BCUT2D eigenvalue weighted by Crippen LogP contribution is -2.38. The smallest absolute Gasteiger partial charge is 0.316 e. The maximum Gasteiger partial charge on any atom is 0.316 e. The van der Waals surface area contributed by atoms with Crippen molar-refractivity contribution >= 4 is 5.97 Å². The number of nitrogens with zero attached hydrogens (tertiary/aromatic N) is 2. The Kier molecular flexibility index (Phi) is 3.04. The van der Waals surface area contributed by atoms with Crippen LogP contribution in [0.2, 0.25) is 0 Å². The second-order valence-electron chi connectivity index (χ2n) is 6.96. The summed E-state index contributed by atoms with van der Waals surface area (Å²) in [4.78, 5) is 12.9. The molecule has 4 rings (SSSR count). The highest BCUT2D eigenvalue weighted by atomic mass is 16.5. The van der Waals surface area contributed by atoms with Crippen LogP contribution in [0, 0.1) is 33.5 Å². The fourth-order valence-electron chi connectivity index (χ4n) is 4.76. The van der Waals surface area contributed by atoms with Crippen molar-refractivity contribution in [2.75, 3.05) is 6.61 Å². The molecule has 122 valence electrons. The van der Waals surface area contributed by atoms with Crippen molar-refractivity contribution in [1.82, 2.24) is 0 Å². The van der Waals surface area contributed by atoms with Gasteiger partial charge in [0.15, 0.2) is 5.41 Å². The van der Waals surface area contributed by atoms with Crippen molar-refractivity contribution in [3.63, 3.8) is 0 Å². The number of hydrogen-bond acceptors (Lipinski definition) is 5. The van der Waals surface area contributed by atoms with Crippen molar-refractivity contribution in [1.29, 1.82) is 10.5 Å². The van der Waals surface area contributed by atoms with Crippen molar-refractivity contribution in [3.8, 4) is 12.1 Å². The molecule has 0 aromatic heterocycles. The van der Waals surface area contributed by atoms with Gasteiger partial charge in [-0.2, -0.15) is 10.5 Å². The van der Waals surface area contributed by atoms with Crippen LogP contribution in [0.25, 0.3) is 0 Å². The first kappa shape index (κ1) is 15.2. The van der Waals surface area contributed by atoms with Crippen LogP contribution in [-0.2, 0) is 14.3 Å². The minimum Gasteiger partial charge on any atom is -0.465 e. The van der Waals surface area contributed by atoms with E-state index in [4.69, 9.17) is 9.47 Å². The SMILES string of the molecule is CCOC(=O)[C@]12CCC=C1C(C#N)(C#N)C[C@]13C=C[C@H](C=C1C2)O3. The number of fused-ring (bicyclic) bond motifs is 2. The van der Waals surface area contributed by atoms with Gasteiger partial charge in [-0.15, -0.1) is 0 Å². The fourth-order valence-corrected chi connectivity index (χ4v) is 4.76. The number of nitriles is 2. The van der Waals surface area contributed by atoms with E-state index in [0.29, 0.717) is 24.8 Å². The zero-order valence-corrected chi connectivity index (χ0v) is 13.5. The van der Waals surface area contributed by atoms with Gasteiger partial charge in [0.05, 0.1) is 30.3 Å². The van der Waals surface area contributed by atoms with Crippen molar-refractivity contribution in [2.24, 2.45) is 10.8 Å². The molecular formula is C19H18N2O3. The summed E-state index contributed by atoms with van der Waals surface area (Å²) < 4.78 is 11.4. The van der Waals surface area contributed by atoms with Gasteiger partial charge in [0.25, 0.3) is 0 Å². The number of ether oxygens (including phenoxy) is 2. The van der Waals surface area contributed by atoms with E-state index in [-0.39, 0.29) is 25.1 Å². The lowest BCUT2D eigenvalue weighted by atomic mass is 9.67. The minimum absolute atomic E-state index is 0.124. The molecule has 5 heteroatoms. The van der Waals surface area contributed by atoms with Gasteiger partial charge in [-0.1, -0.05) is 12.2 Å². The molecule has 1 fully saturated rings. The lowest BCUT2D eigenvalue weighted by molar-refractivity contribution is -0.153. The molecule has 0 amide bonds. The van der Waals surface area contributed by atoms with Crippen LogP contribution in [-0.4, -0.2) is 24.3 Å². The van der Waals surface area contributed by atoms with Crippen LogP contribution in [0.5, 0.6) is 0 Å². The molecule has 2 aliphatic heterocycles. The first-order chi connectivity index (χ1) is 11.5. The number of carbonyl (C=O) groups is 1. The summed E-state index contributed by atoms with van der Waals surface area (Å²) in [6.07, 6.45) is 9.67. The molecule has 0 N–H and O–H groups in total. The van der Waals surface area contributed by atoms with Crippen LogP contribution in [0.15, 0.2) is 35.5 Å². The van der Waals surface area contributed by atoms with Crippen molar-refractivity contribution in [3.05, 3.63) is 35.5 Å². The third-order valence-corrected chi connectivity index (χ3v) is 5.77. The lowest BCUT2D eigenvalue weighted by Gasteiger charge is -2.33. The molecule has 0 aromatic carbocycles. The quantitative estimate of drug-likeness (QED) is 0.576. The highest BCUT2D eigenvalue weighted by molar-refractivity contribution is 5.84. The van der Waals surface area contributed by atoms with Gasteiger partial charge in [0.1, 0.15) is 5.60 Å². The number of carbonyl (C=O) groups excluding carboxylic acids is 1. The summed E-state index contributed by atoms with van der Waals surface area (Å²) in [6.45, 7) is 2.05. The van der Waals surface area contributed by atoms with E-state index in [0.717, 1.165) is 5.57 Å². The minimum atomic E-state index is -1.37. The monoisotopic (exact) mass is 322 g/mol. The van der Waals surface area contributed by atoms with Crippen LogP contribution in [0.4, 0.5) is 0 Å². The fraction of sp³-hybridized carbons (Fsp3) is 0.526. The Hall–Kier alpha value is -2.37. The topological polar surface area (TPSA) is 83.1 Å². The zero-order valence-electron chi connectivity index (χ0n) is 13.5. The number of allylic oxidation sites excluding steroid dienone is 1. The van der Waals surface area contributed by atoms with Gasteiger partial charge in [-0.05, 0) is 49.5 Å². The largest absolute Gasteiger partial charge is 0.465 e. The van der Waals surface area contributed by atoms with E-state index < -0.39 is 16.4 Å². The van der Waals surface area contributed by atoms with E-state index >= 15 is 0 Å². The third-order valence-electron chi connectivity index (χ3n) is 5.77. The molecule has 1 saturated carbocycles. The molecule has 2 heterocycles. The summed E-state index contributed by atoms with van der Waals surface area (Å²) in [5.74, 6) is -0.326. The number of hydrogen-bond donors (Lipinski definition) is 0. The van der Waals surface area contributed by atoms with E-state index in [1.807, 2.05) is 24.3 Å². The standard InChI is InChI=1S/C19H18N2O3/c1-2-23-16(22)18-6-3-4-15(18)17(11-20,12-21)10-19-7-5-14(24-19)8-13(19)9-18/h4-5,7-8,14H,2-3,6,9-10H2,1H3/t14-,18+,19-/m1/s1. The molecule has 3 atom stereocenters. The Morgan fingerprint density at radius 1 is 1.46 bits per heavy atom. The number of esters is 1. The van der Waals surface area contributed by atoms with Gasteiger partial charge >= 0.3 is 5.97 Å². The molecule has 4 aliphatic rings. The molecule has 0 unspecified atom stereocenters. The van der Waals surface area contributed by atoms with Crippen LogP contribution in [0.3, 0.4) is 0 Å².